The van der Waals surface area contributed by atoms with Crippen LogP contribution in [0, 0.1) is 0 Å². The van der Waals surface area contributed by atoms with E-state index in [0.29, 0.717) is 4.34 Å². The first kappa shape index (κ1) is 16.2. The van der Waals surface area contributed by atoms with Crippen LogP contribution in [-0.2, 0) is 0 Å². The molecule has 2 aromatic heterocycles. The number of thiophene rings is 1. The Morgan fingerprint density at radius 2 is 2.25 bits per heavy atom. The molecule has 6 nitrogen and oxygen atoms in total. The molecular formula is C16H13ClN4O2S. The Bertz CT molecular complexity index is 888. The maximum atomic E-state index is 12.1. The summed E-state index contributed by atoms with van der Waals surface area (Å²) in [6.45, 7) is 0. The van der Waals surface area contributed by atoms with Gasteiger partial charge in [0.1, 0.15) is 5.75 Å². The Morgan fingerprint density at radius 1 is 1.38 bits per heavy atom. The van der Waals surface area contributed by atoms with Crippen molar-refractivity contribution in [2.75, 3.05) is 7.11 Å². The van der Waals surface area contributed by atoms with Crippen molar-refractivity contribution in [3.05, 3.63) is 58.1 Å². The number of nitrogens with one attached hydrogen (secondary N) is 2. The highest BCUT2D eigenvalue weighted by molar-refractivity contribution is 7.19. The van der Waals surface area contributed by atoms with E-state index in [2.05, 4.69) is 20.7 Å². The number of aromatic nitrogens is 2. The lowest BCUT2D eigenvalue weighted by molar-refractivity contribution is 0.0950. The number of hydrogen-bond donors (Lipinski definition) is 2. The number of methoxy groups -OCH3 is 1. The summed E-state index contributed by atoms with van der Waals surface area (Å²) in [4.78, 5) is 13.0. The number of benzene rings is 1. The monoisotopic (exact) mass is 360 g/mol. The van der Waals surface area contributed by atoms with E-state index >= 15 is 0 Å². The zero-order valence-electron chi connectivity index (χ0n) is 12.6. The Hall–Kier alpha value is -2.64. The van der Waals surface area contributed by atoms with Crippen molar-refractivity contribution < 1.29 is 9.53 Å². The normalized spacial score (nSPS) is 10.9. The van der Waals surface area contributed by atoms with E-state index in [4.69, 9.17) is 16.3 Å². The minimum atomic E-state index is -0.403. The van der Waals surface area contributed by atoms with Crippen LogP contribution in [0.25, 0.3) is 10.6 Å². The fourth-order valence-corrected chi connectivity index (χ4v) is 2.98. The third kappa shape index (κ3) is 3.81. The second-order valence-corrected chi connectivity index (χ2v) is 6.46. The third-order valence-corrected chi connectivity index (χ3v) is 4.39. The molecule has 2 N–H and O–H groups in total. The van der Waals surface area contributed by atoms with Crippen LogP contribution in [0.15, 0.2) is 47.6 Å². The Balaban J connectivity index is 1.65. The second-order valence-electron chi connectivity index (χ2n) is 4.75. The second kappa shape index (κ2) is 7.29. The maximum absolute atomic E-state index is 12.1. The minimum Gasteiger partial charge on any atom is -0.497 e. The first-order valence-electron chi connectivity index (χ1n) is 6.94. The summed E-state index contributed by atoms with van der Waals surface area (Å²) in [7, 11) is 1.59. The van der Waals surface area contributed by atoms with Crippen LogP contribution in [0.4, 0.5) is 0 Å². The number of halogens is 1. The summed E-state index contributed by atoms with van der Waals surface area (Å²) in [6, 6.07) is 12.6. The number of carbonyl (C=O) groups excluding carboxylic acids is 1. The summed E-state index contributed by atoms with van der Waals surface area (Å²) in [5, 5.41) is 10.7. The van der Waals surface area contributed by atoms with Gasteiger partial charge in [-0.15, -0.1) is 11.3 Å². The number of nitrogens with zero attached hydrogens (tertiary/aromatic N) is 2. The molecule has 0 spiro atoms. The van der Waals surface area contributed by atoms with Gasteiger partial charge in [-0.1, -0.05) is 23.7 Å². The number of hydrogen-bond acceptors (Lipinski definition) is 5. The zero-order chi connectivity index (χ0) is 16.9. The fraction of sp³-hybridized carbons (Fsp3) is 0.0625. The Morgan fingerprint density at radius 3 is 3.00 bits per heavy atom. The lowest BCUT2D eigenvalue weighted by Crippen LogP contribution is -2.17. The number of rotatable bonds is 5. The van der Waals surface area contributed by atoms with E-state index in [1.807, 2.05) is 30.3 Å². The fourth-order valence-electron chi connectivity index (χ4n) is 1.97. The van der Waals surface area contributed by atoms with Gasteiger partial charge in [0.15, 0.2) is 5.69 Å². The minimum absolute atomic E-state index is 0.248. The van der Waals surface area contributed by atoms with Crippen molar-refractivity contribution in [3.63, 3.8) is 0 Å². The SMILES string of the molecule is COc1cccc(/C=N/NC(=O)c2cc(-c3ccc(Cl)s3)[nH]n2)c1. The Kier molecular flexibility index (Phi) is 4.93. The van der Waals surface area contributed by atoms with Gasteiger partial charge in [0.2, 0.25) is 0 Å². The van der Waals surface area contributed by atoms with Gasteiger partial charge in [-0.2, -0.15) is 10.2 Å². The van der Waals surface area contributed by atoms with E-state index < -0.39 is 5.91 Å². The van der Waals surface area contributed by atoms with E-state index in [9.17, 15) is 4.79 Å². The average molecular weight is 361 g/mol. The molecule has 0 aliphatic heterocycles. The number of amides is 1. The van der Waals surface area contributed by atoms with Gasteiger partial charge in [0.25, 0.3) is 5.91 Å². The highest BCUT2D eigenvalue weighted by atomic mass is 35.5. The van der Waals surface area contributed by atoms with Gasteiger partial charge in [-0.3, -0.25) is 9.89 Å². The van der Waals surface area contributed by atoms with Gasteiger partial charge in [0, 0.05) is 0 Å². The quantitative estimate of drug-likeness (QED) is 0.539. The molecular weight excluding hydrogens is 348 g/mol. The van der Waals surface area contributed by atoms with Gasteiger partial charge in [-0.05, 0) is 35.9 Å². The van der Waals surface area contributed by atoms with Crippen LogP contribution in [-0.4, -0.2) is 29.4 Å². The summed E-state index contributed by atoms with van der Waals surface area (Å²) in [5.41, 5.74) is 4.23. The van der Waals surface area contributed by atoms with Gasteiger partial charge >= 0.3 is 0 Å². The van der Waals surface area contributed by atoms with Crippen molar-refractivity contribution >= 4 is 35.1 Å². The first-order valence-corrected chi connectivity index (χ1v) is 8.14. The third-order valence-electron chi connectivity index (χ3n) is 3.12. The predicted octanol–water partition coefficient (Wildman–Crippen LogP) is 3.56. The molecule has 3 aromatic rings. The van der Waals surface area contributed by atoms with Gasteiger partial charge in [0.05, 0.1) is 28.2 Å². The predicted molar refractivity (Wildman–Crippen MR) is 95.0 cm³/mol. The van der Waals surface area contributed by atoms with Crippen molar-refractivity contribution in [2.45, 2.75) is 0 Å². The lowest BCUT2D eigenvalue weighted by Gasteiger charge is -1.99. The van der Waals surface area contributed by atoms with Crippen LogP contribution in [0.1, 0.15) is 16.1 Å². The molecule has 2 heterocycles. The number of carbonyl (C=O) groups is 1. The number of aromatic amines is 1. The molecule has 0 bridgehead atoms. The van der Waals surface area contributed by atoms with Crippen LogP contribution < -0.4 is 10.2 Å². The average Bonchev–Trinajstić information content (AvgIpc) is 3.24. The molecule has 1 aromatic carbocycles. The van der Waals surface area contributed by atoms with Crippen molar-refractivity contribution in [1.82, 2.24) is 15.6 Å². The van der Waals surface area contributed by atoms with Gasteiger partial charge < -0.3 is 4.74 Å². The summed E-state index contributed by atoms with van der Waals surface area (Å²) >= 11 is 7.31. The van der Waals surface area contributed by atoms with E-state index in [1.165, 1.54) is 17.6 Å². The van der Waals surface area contributed by atoms with Gasteiger partial charge in [-0.25, -0.2) is 5.43 Å². The molecule has 0 saturated carbocycles. The molecule has 0 fully saturated rings. The van der Waals surface area contributed by atoms with Crippen molar-refractivity contribution in [1.29, 1.82) is 0 Å². The topological polar surface area (TPSA) is 79.4 Å². The first-order chi connectivity index (χ1) is 11.7. The molecule has 1 amide bonds. The smallest absolute Gasteiger partial charge is 0.291 e. The highest BCUT2D eigenvalue weighted by Gasteiger charge is 2.11. The molecule has 0 aliphatic carbocycles. The van der Waals surface area contributed by atoms with Crippen molar-refractivity contribution in [3.8, 4) is 16.3 Å². The number of hydrazone groups is 1. The molecule has 122 valence electrons. The maximum Gasteiger partial charge on any atom is 0.291 e. The molecule has 3 rings (SSSR count). The van der Waals surface area contributed by atoms with E-state index in [1.54, 1.807) is 19.2 Å². The molecule has 0 saturated heterocycles. The highest BCUT2D eigenvalue weighted by Crippen LogP contribution is 2.29. The molecule has 0 unspecified atom stereocenters. The lowest BCUT2D eigenvalue weighted by atomic mass is 10.2. The largest absolute Gasteiger partial charge is 0.497 e. The standard InChI is InChI=1S/C16H13ClN4O2S/c1-23-11-4-2-3-10(7-11)9-18-21-16(22)13-8-12(19-20-13)14-5-6-15(17)24-14/h2-9H,1H3,(H,19,20)(H,21,22)/b18-9+. The number of ether oxygens (including phenoxy) is 1. The molecule has 8 heteroatoms. The summed E-state index contributed by atoms with van der Waals surface area (Å²) < 4.78 is 5.80. The van der Waals surface area contributed by atoms with Crippen LogP contribution >= 0.6 is 22.9 Å². The summed E-state index contributed by atoms with van der Waals surface area (Å²) in [6.07, 6.45) is 1.53. The van der Waals surface area contributed by atoms with Crippen LogP contribution in [0.2, 0.25) is 4.34 Å². The molecule has 0 atom stereocenters. The van der Waals surface area contributed by atoms with Crippen molar-refractivity contribution in [2.24, 2.45) is 5.10 Å². The Labute approximate surface area is 147 Å². The number of H-pyrrole nitrogens is 1. The molecule has 0 radical (unpaired) electrons. The van der Waals surface area contributed by atoms with Crippen LogP contribution in [0.5, 0.6) is 5.75 Å². The van der Waals surface area contributed by atoms with Crippen LogP contribution in [0.3, 0.4) is 0 Å². The van der Waals surface area contributed by atoms with E-state index in [0.717, 1.165) is 21.9 Å². The molecule has 0 aliphatic rings. The summed E-state index contributed by atoms with van der Waals surface area (Å²) in [5.74, 6) is 0.316. The molecule has 24 heavy (non-hydrogen) atoms. The van der Waals surface area contributed by atoms with E-state index in [-0.39, 0.29) is 5.69 Å². The zero-order valence-corrected chi connectivity index (χ0v) is 14.2.